The Morgan fingerprint density at radius 3 is 2.55 bits per heavy atom. The van der Waals surface area contributed by atoms with Crippen molar-refractivity contribution >= 4 is 16.0 Å². The van der Waals surface area contributed by atoms with Crippen LogP contribution in [0.2, 0.25) is 0 Å². The molecule has 0 aliphatic carbocycles. The zero-order chi connectivity index (χ0) is 15.3. The second-order valence-corrected chi connectivity index (χ2v) is 6.05. The van der Waals surface area contributed by atoms with Crippen LogP contribution in [0.25, 0.3) is 0 Å². The highest BCUT2D eigenvalue weighted by Crippen LogP contribution is 2.15. The van der Waals surface area contributed by atoms with Gasteiger partial charge in [0, 0.05) is 25.9 Å². The van der Waals surface area contributed by atoms with E-state index in [9.17, 15) is 13.2 Å². The normalized spacial score (nSPS) is 13.3. The number of sulfonamides is 1. The van der Waals surface area contributed by atoms with Crippen LogP contribution in [0.3, 0.4) is 0 Å². The Bertz CT molecular complexity index is 564. The Morgan fingerprint density at radius 2 is 2.15 bits per heavy atom. The molecule has 0 fully saturated rings. The molecule has 0 aromatic carbocycles. The van der Waals surface area contributed by atoms with Crippen LogP contribution in [0.4, 0.5) is 0 Å². The maximum Gasteiger partial charge on any atom is 0.352 e. The number of ether oxygens (including phenoxy) is 1. The molecule has 1 aromatic rings. The van der Waals surface area contributed by atoms with E-state index < -0.39 is 16.0 Å². The number of nitrogens with one attached hydrogen (secondary N) is 1. The predicted octanol–water partition coefficient (Wildman–Crippen LogP) is 0.909. The molecule has 1 atom stereocenters. The van der Waals surface area contributed by atoms with E-state index in [2.05, 4.69) is 4.72 Å². The van der Waals surface area contributed by atoms with Gasteiger partial charge in [-0.05, 0) is 19.4 Å². The predicted molar refractivity (Wildman–Crippen MR) is 73.3 cm³/mol. The van der Waals surface area contributed by atoms with E-state index in [-0.39, 0.29) is 23.2 Å². The lowest BCUT2D eigenvalue weighted by Crippen LogP contribution is -2.37. The number of aromatic nitrogens is 1. The van der Waals surface area contributed by atoms with Gasteiger partial charge in [0.25, 0.3) is 0 Å². The van der Waals surface area contributed by atoms with Crippen molar-refractivity contribution in [3.63, 3.8) is 0 Å². The average molecular weight is 304 g/mol. The van der Waals surface area contributed by atoms with Gasteiger partial charge in [0.1, 0.15) is 10.6 Å². The minimum atomic E-state index is -3.75. The summed E-state index contributed by atoms with van der Waals surface area (Å²) in [6, 6.07) is 0.816. The van der Waals surface area contributed by atoms with E-state index in [1.807, 2.05) is 6.92 Å². The average Bonchev–Trinajstić information content (AvgIpc) is 2.83. The highest BCUT2D eigenvalue weighted by Gasteiger charge is 2.23. The molecule has 7 nitrogen and oxygen atoms in total. The molecular weight excluding hydrogens is 284 g/mol. The summed E-state index contributed by atoms with van der Waals surface area (Å²) in [6.07, 6.45) is 1.90. The maximum atomic E-state index is 12.2. The molecule has 114 valence electrons. The van der Waals surface area contributed by atoms with Crippen molar-refractivity contribution in [1.82, 2.24) is 9.29 Å². The third-order valence-corrected chi connectivity index (χ3v) is 4.41. The fourth-order valence-corrected chi connectivity index (χ4v) is 3.14. The Balaban J connectivity index is 3.06. The first kappa shape index (κ1) is 16.7. The number of carboxylic acids is 1. The second kappa shape index (κ2) is 6.87. The number of hydrogen-bond donors (Lipinski definition) is 2. The highest BCUT2D eigenvalue weighted by atomic mass is 32.2. The smallest absolute Gasteiger partial charge is 0.352 e. The van der Waals surface area contributed by atoms with Gasteiger partial charge in [0.2, 0.25) is 10.0 Å². The van der Waals surface area contributed by atoms with Gasteiger partial charge in [-0.25, -0.2) is 17.9 Å². The van der Waals surface area contributed by atoms with Gasteiger partial charge in [0.05, 0.1) is 6.61 Å². The lowest BCUT2D eigenvalue weighted by molar-refractivity contribution is 0.0685. The fraction of sp³-hybridized carbons (Fsp3) is 0.583. The Labute approximate surface area is 118 Å². The van der Waals surface area contributed by atoms with Crippen molar-refractivity contribution in [3.05, 3.63) is 18.0 Å². The first-order valence-electron chi connectivity index (χ1n) is 6.30. The molecule has 0 aliphatic rings. The largest absolute Gasteiger partial charge is 0.477 e. The number of hydrogen-bond acceptors (Lipinski definition) is 4. The molecule has 0 radical (unpaired) electrons. The number of carboxylic acid groups (broad SMARTS) is 1. The summed E-state index contributed by atoms with van der Waals surface area (Å²) in [4.78, 5) is 11.0. The minimum absolute atomic E-state index is 0.0485. The van der Waals surface area contributed by atoms with Crippen molar-refractivity contribution < 1.29 is 23.1 Å². The van der Waals surface area contributed by atoms with Gasteiger partial charge in [-0.15, -0.1) is 0 Å². The molecular formula is C12H20N2O5S. The van der Waals surface area contributed by atoms with Gasteiger partial charge in [-0.3, -0.25) is 0 Å². The van der Waals surface area contributed by atoms with E-state index >= 15 is 0 Å². The molecule has 8 heteroatoms. The monoisotopic (exact) mass is 304 g/mol. The molecule has 0 spiro atoms. The van der Waals surface area contributed by atoms with Crippen molar-refractivity contribution in [2.45, 2.75) is 37.8 Å². The Hall–Kier alpha value is -1.38. The van der Waals surface area contributed by atoms with Crippen LogP contribution >= 0.6 is 0 Å². The van der Waals surface area contributed by atoms with Crippen LogP contribution in [-0.4, -0.2) is 43.8 Å². The second-order valence-electron chi connectivity index (χ2n) is 4.33. The Morgan fingerprint density at radius 1 is 1.50 bits per heavy atom. The van der Waals surface area contributed by atoms with E-state index in [0.717, 1.165) is 6.07 Å². The summed E-state index contributed by atoms with van der Waals surface area (Å²) in [5.41, 5.74) is -0.0485. The molecule has 0 bridgehead atoms. The summed E-state index contributed by atoms with van der Waals surface area (Å²) < 4.78 is 33.2. The fourth-order valence-electron chi connectivity index (χ4n) is 1.80. The molecule has 1 rings (SSSR count). The first-order chi connectivity index (χ1) is 9.35. The number of carbonyl (C=O) groups is 1. The van der Waals surface area contributed by atoms with Crippen molar-refractivity contribution in [1.29, 1.82) is 0 Å². The number of rotatable bonds is 8. The maximum absolute atomic E-state index is 12.2. The standard InChI is InChI=1S/C12H20N2O5S/c1-4-9(8-19-3)13-20(17,18)10-6-11(12(15)16)14(5-2)7-10/h6-7,9,13H,4-5,8H2,1-3H3,(H,15,16). The first-order valence-corrected chi connectivity index (χ1v) is 7.78. The Kier molecular flexibility index (Phi) is 5.73. The molecule has 0 saturated carbocycles. The van der Waals surface area contributed by atoms with Gasteiger partial charge in [0.15, 0.2) is 0 Å². The molecule has 1 unspecified atom stereocenters. The van der Waals surface area contributed by atoms with E-state index in [1.165, 1.54) is 17.9 Å². The summed E-state index contributed by atoms with van der Waals surface area (Å²) in [7, 11) is -2.26. The molecule has 1 aromatic heterocycles. The molecule has 0 aliphatic heterocycles. The zero-order valence-electron chi connectivity index (χ0n) is 11.8. The summed E-state index contributed by atoms with van der Waals surface area (Å²) in [6.45, 7) is 4.23. The molecule has 1 heterocycles. The SMILES string of the molecule is CCC(COC)NS(=O)(=O)c1cc(C(=O)O)n(CC)c1. The topological polar surface area (TPSA) is 97.6 Å². The van der Waals surface area contributed by atoms with E-state index in [0.29, 0.717) is 13.0 Å². The number of nitrogens with zero attached hydrogens (tertiary/aromatic N) is 1. The van der Waals surface area contributed by atoms with E-state index in [1.54, 1.807) is 6.92 Å². The van der Waals surface area contributed by atoms with Gasteiger partial charge < -0.3 is 14.4 Å². The van der Waals surface area contributed by atoms with Crippen LogP contribution in [0.15, 0.2) is 17.2 Å². The van der Waals surface area contributed by atoms with Crippen LogP contribution in [0.5, 0.6) is 0 Å². The minimum Gasteiger partial charge on any atom is -0.477 e. The lowest BCUT2D eigenvalue weighted by Gasteiger charge is -2.15. The highest BCUT2D eigenvalue weighted by molar-refractivity contribution is 7.89. The molecule has 2 N–H and O–H groups in total. The molecule has 20 heavy (non-hydrogen) atoms. The third-order valence-electron chi connectivity index (χ3n) is 2.92. The van der Waals surface area contributed by atoms with Crippen molar-refractivity contribution in [2.75, 3.05) is 13.7 Å². The molecule has 0 amide bonds. The van der Waals surface area contributed by atoms with Crippen LogP contribution in [0.1, 0.15) is 30.8 Å². The number of aryl methyl sites for hydroxylation is 1. The zero-order valence-corrected chi connectivity index (χ0v) is 12.6. The number of methoxy groups -OCH3 is 1. The summed E-state index contributed by atoms with van der Waals surface area (Å²) in [5.74, 6) is -1.16. The number of aromatic carboxylic acids is 1. The quantitative estimate of drug-likeness (QED) is 0.744. The van der Waals surface area contributed by atoms with Gasteiger partial charge >= 0.3 is 5.97 Å². The summed E-state index contributed by atoms with van der Waals surface area (Å²) in [5, 5.41) is 9.03. The van der Waals surface area contributed by atoms with Gasteiger partial charge in [-0.1, -0.05) is 6.92 Å². The van der Waals surface area contributed by atoms with Crippen molar-refractivity contribution in [3.8, 4) is 0 Å². The molecule has 0 saturated heterocycles. The van der Waals surface area contributed by atoms with Crippen LogP contribution in [0, 0.1) is 0 Å². The lowest BCUT2D eigenvalue weighted by atomic mass is 10.3. The third kappa shape index (κ3) is 3.81. The van der Waals surface area contributed by atoms with E-state index in [4.69, 9.17) is 9.84 Å². The summed E-state index contributed by atoms with van der Waals surface area (Å²) >= 11 is 0. The van der Waals surface area contributed by atoms with Gasteiger partial charge in [-0.2, -0.15) is 0 Å². The van der Waals surface area contributed by atoms with Crippen LogP contribution in [-0.2, 0) is 21.3 Å². The van der Waals surface area contributed by atoms with Crippen LogP contribution < -0.4 is 4.72 Å². The van der Waals surface area contributed by atoms with Crippen molar-refractivity contribution in [2.24, 2.45) is 0 Å².